The molecule has 1 fully saturated rings. The normalized spacial score (nSPS) is 15.4. The van der Waals surface area contributed by atoms with E-state index in [9.17, 15) is 9.59 Å². The Balaban J connectivity index is 1.82. The molecule has 1 aliphatic rings. The summed E-state index contributed by atoms with van der Waals surface area (Å²) in [5.41, 5.74) is 1.11. The molecule has 0 spiro atoms. The van der Waals surface area contributed by atoms with Gasteiger partial charge in [-0.25, -0.2) is 0 Å². The first kappa shape index (κ1) is 12.8. The molecule has 1 amide bonds. The van der Waals surface area contributed by atoms with Gasteiger partial charge >= 0.3 is 0 Å². The first-order valence-electron chi connectivity index (χ1n) is 6.63. The quantitative estimate of drug-likeness (QED) is 0.763. The topological polar surface area (TPSA) is 37.4 Å². The van der Waals surface area contributed by atoms with Crippen molar-refractivity contribution in [2.45, 2.75) is 32.1 Å². The summed E-state index contributed by atoms with van der Waals surface area (Å²) in [5, 5.41) is 0. The monoisotopic (exact) mass is 245 g/mol. The van der Waals surface area contributed by atoms with E-state index >= 15 is 0 Å². The van der Waals surface area contributed by atoms with Gasteiger partial charge in [0.2, 0.25) is 5.78 Å². The third-order valence-corrected chi connectivity index (χ3v) is 3.37. The molecule has 1 aliphatic heterocycles. The second-order valence-corrected chi connectivity index (χ2v) is 4.76. The number of amides is 1. The molecule has 0 aromatic heterocycles. The van der Waals surface area contributed by atoms with Crippen molar-refractivity contribution in [1.29, 1.82) is 0 Å². The second kappa shape index (κ2) is 6.34. The predicted molar refractivity (Wildman–Crippen MR) is 70.2 cm³/mol. The summed E-state index contributed by atoms with van der Waals surface area (Å²) >= 11 is 0. The van der Waals surface area contributed by atoms with E-state index in [1.165, 1.54) is 6.42 Å². The zero-order valence-corrected chi connectivity index (χ0v) is 10.6. The van der Waals surface area contributed by atoms with E-state index in [1.54, 1.807) is 4.90 Å². The predicted octanol–water partition coefficient (Wildman–Crippen LogP) is 2.20. The fraction of sp³-hybridized carbons (Fsp3) is 0.467. The van der Waals surface area contributed by atoms with E-state index in [-0.39, 0.29) is 11.7 Å². The number of benzene rings is 1. The molecule has 18 heavy (non-hydrogen) atoms. The second-order valence-electron chi connectivity index (χ2n) is 4.76. The SMILES string of the molecule is O=C(CCc1ccccc1)C(=O)N1CCCCC1. The van der Waals surface area contributed by atoms with Gasteiger partial charge in [0.15, 0.2) is 0 Å². The number of rotatable bonds is 4. The molecule has 0 radical (unpaired) electrons. The number of hydrogen-bond donors (Lipinski definition) is 0. The number of likely N-dealkylation sites (tertiary alicyclic amines) is 1. The molecule has 96 valence electrons. The first-order chi connectivity index (χ1) is 8.77. The summed E-state index contributed by atoms with van der Waals surface area (Å²) in [7, 11) is 0. The van der Waals surface area contributed by atoms with Crippen LogP contribution in [0, 0.1) is 0 Å². The fourth-order valence-electron chi connectivity index (χ4n) is 2.28. The summed E-state index contributed by atoms with van der Waals surface area (Å²) in [6, 6.07) is 9.82. The molecule has 1 aromatic carbocycles. The number of ketones is 1. The molecular formula is C15H19NO2. The number of aryl methyl sites for hydroxylation is 1. The standard InChI is InChI=1S/C15H19NO2/c17-14(10-9-13-7-3-1-4-8-13)15(18)16-11-5-2-6-12-16/h1,3-4,7-8H,2,5-6,9-12H2. The lowest BCUT2D eigenvalue weighted by atomic mass is 10.1. The van der Waals surface area contributed by atoms with Crippen LogP contribution in [-0.2, 0) is 16.0 Å². The minimum Gasteiger partial charge on any atom is -0.336 e. The number of hydrogen-bond acceptors (Lipinski definition) is 2. The lowest BCUT2D eigenvalue weighted by molar-refractivity contribution is -0.145. The zero-order chi connectivity index (χ0) is 12.8. The Hall–Kier alpha value is -1.64. The van der Waals surface area contributed by atoms with Crippen LogP contribution in [0.4, 0.5) is 0 Å². The Kier molecular flexibility index (Phi) is 4.51. The van der Waals surface area contributed by atoms with Gasteiger partial charge < -0.3 is 4.90 Å². The van der Waals surface area contributed by atoms with Crippen LogP contribution in [0.1, 0.15) is 31.2 Å². The number of Topliss-reactive ketones (excluding diaryl/α,β-unsaturated/α-hetero) is 1. The van der Waals surface area contributed by atoms with Crippen molar-refractivity contribution in [3.8, 4) is 0 Å². The van der Waals surface area contributed by atoms with Crippen molar-refractivity contribution >= 4 is 11.7 Å². The lowest BCUT2D eigenvalue weighted by Gasteiger charge is -2.25. The smallest absolute Gasteiger partial charge is 0.289 e. The first-order valence-corrected chi connectivity index (χ1v) is 6.63. The molecule has 1 heterocycles. The van der Waals surface area contributed by atoms with Gasteiger partial charge in [0.1, 0.15) is 0 Å². The van der Waals surface area contributed by atoms with E-state index in [0.29, 0.717) is 12.8 Å². The van der Waals surface area contributed by atoms with Crippen molar-refractivity contribution < 1.29 is 9.59 Å². The Morgan fingerprint density at radius 1 is 1.00 bits per heavy atom. The lowest BCUT2D eigenvalue weighted by Crippen LogP contribution is -2.40. The van der Waals surface area contributed by atoms with E-state index < -0.39 is 0 Å². The van der Waals surface area contributed by atoms with Gasteiger partial charge in [-0.3, -0.25) is 9.59 Å². The van der Waals surface area contributed by atoms with Gasteiger partial charge in [-0.05, 0) is 31.2 Å². The van der Waals surface area contributed by atoms with Crippen LogP contribution in [0.15, 0.2) is 30.3 Å². The molecular weight excluding hydrogens is 226 g/mol. The summed E-state index contributed by atoms with van der Waals surface area (Å²) in [5.74, 6) is -0.536. The Labute approximate surface area is 108 Å². The Bertz CT molecular complexity index is 408. The summed E-state index contributed by atoms with van der Waals surface area (Å²) < 4.78 is 0. The molecule has 1 saturated heterocycles. The maximum absolute atomic E-state index is 11.9. The third kappa shape index (κ3) is 3.42. The Morgan fingerprint density at radius 3 is 2.33 bits per heavy atom. The van der Waals surface area contributed by atoms with E-state index in [2.05, 4.69) is 0 Å². The van der Waals surface area contributed by atoms with Crippen LogP contribution in [0.5, 0.6) is 0 Å². The van der Waals surface area contributed by atoms with Gasteiger partial charge in [0.05, 0.1) is 0 Å². The molecule has 2 rings (SSSR count). The maximum Gasteiger partial charge on any atom is 0.289 e. The molecule has 3 nitrogen and oxygen atoms in total. The van der Waals surface area contributed by atoms with Crippen LogP contribution in [0.25, 0.3) is 0 Å². The van der Waals surface area contributed by atoms with Crippen LogP contribution < -0.4 is 0 Å². The minimum absolute atomic E-state index is 0.249. The minimum atomic E-state index is -0.286. The number of piperidine rings is 1. The highest BCUT2D eigenvalue weighted by Gasteiger charge is 2.22. The van der Waals surface area contributed by atoms with Crippen molar-refractivity contribution in [3.05, 3.63) is 35.9 Å². The van der Waals surface area contributed by atoms with Gasteiger partial charge in [-0.2, -0.15) is 0 Å². The van der Waals surface area contributed by atoms with Gasteiger partial charge in [0.25, 0.3) is 5.91 Å². The van der Waals surface area contributed by atoms with E-state index in [0.717, 1.165) is 31.5 Å². The summed E-state index contributed by atoms with van der Waals surface area (Å²) in [4.78, 5) is 25.4. The highest BCUT2D eigenvalue weighted by Crippen LogP contribution is 2.10. The Morgan fingerprint density at radius 2 is 1.67 bits per heavy atom. The van der Waals surface area contributed by atoms with Crippen LogP contribution in [-0.4, -0.2) is 29.7 Å². The highest BCUT2D eigenvalue weighted by atomic mass is 16.2. The zero-order valence-electron chi connectivity index (χ0n) is 10.6. The largest absolute Gasteiger partial charge is 0.336 e. The summed E-state index contributed by atoms with van der Waals surface area (Å²) in [6.07, 6.45) is 4.19. The number of carbonyl (C=O) groups excluding carboxylic acids is 2. The van der Waals surface area contributed by atoms with E-state index in [1.807, 2.05) is 30.3 Å². The van der Waals surface area contributed by atoms with Crippen molar-refractivity contribution in [1.82, 2.24) is 4.90 Å². The highest BCUT2D eigenvalue weighted by molar-refractivity contribution is 6.36. The van der Waals surface area contributed by atoms with Crippen LogP contribution in [0.3, 0.4) is 0 Å². The van der Waals surface area contributed by atoms with Gasteiger partial charge in [0, 0.05) is 19.5 Å². The van der Waals surface area contributed by atoms with Crippen molar-refractivity contribution in [2.75, 3.05) is 13.1 Å². The third-order valence-electron chi connectivity index (χ3n) is 3.37. The average molecular weight is 245 g/mol. The molecule has 3 heteroatoms. The van der Waals surface area contributed by atoms with Crippen molar-refractivity contribution in [2.24, 2.45) is 0 Å². The number of nitrogens with zero attached hydrogens (tertiary/aromatic N) is 1. The summed E-state index contributed by atoms with van der Waals surface area (Å²) in [6.45, 7) is 1.49. The van der Waals surface area contributed by atoms with E-state index in [4.69, 9.17) is 0 Å². The molecule has 0 atom stereocenters. The van der Waals surface area contributed by atoms with Crippen LogP contribution >= 0.6 is 0 Å². The van der Waals surface area contributed by atoms with Crippen molar-refractivity contribution in [3.63, 3.8) is 0 Å². The van der Waals surface area contributed by atoms with Crippen LogP contribution in [0.2, 0.25) is 0 Å². The molecule has 0 saturated carbocycles. The maximum atomic E-state index is 11.9. The molecule has 1 aromatic rings. The van der Waals surface area contributed by atoms with Gasteiger partial charge in [-0.1, -0.05) is 30.3 Å². The molecule has 0 bridgehead atoms. The number of carbonyl (C=O) groups is 2. The average Bonchev–Trinajstić information content (AvgIpc) is 2.46. The molecule has 0 N–H and O–H groups in total. The molecule has 0 unspecified atom stereocenters. The molecule has 0 aliphatic carbocycles. The van der Waals surface area contributed by atoms with Gasteiger partial charge in [-0.15, -0.1) is 0 Å². The fourth-order valence-corrected chi connectivity index (χ4v) is 2.28.